The van der Waals surface area contributed by atoms with Gasteiger partial charge in [0.2, 0.25) is 12.7 Å². The highest BCUT2D eigenvalue weighted by atomic mass is 16.7. The van der Waals surface area contributed by atoms with Crippen molar-refractivity contribution in [2.24, 2.45) is 5.92 Å². The summed E-state index contributed by atoms with van der Waals surface area (Å²) < 4.78 is 10.5. The fourth-order valence-corrected chi connectivity index (χ4v) is 2.86. The number of hydrogen-bond acceptors (Lipinski definition) is 5. The number of hydrogen-bond donors (Lipinski definition) is 1. The largest absolute Gasteiger partial charge is 0.454 e. The van der Waals surface area contributed by atoms with Gasteiger partial charge in [-0.25, -0.2) is 4.98 Å². The van der Waals surface area contributed by atoms with Gasteiger partial charge >= 0.3 is 0 Å². The Balaban J connectivity index is 1.35. The third-order valence-electron chi connectivity index (χ3n) is 4.30. The predicted molar refractivity (Wildman–Crippen MR) is 89.6 cm³/mol. The number of carbonyl (C=O) groups excluding carboxylic acids is 2. The zero-order valence-electron chi connectivity index (χ0n) is 13.7. The van der Waals surface area contributed by atoms with E-state index in [1.54, 1.807) is 29.2 Å². The lowest BCUT2D eigenvalue weighted by molar-refractivity contribution is -0.123. The molecule has 0 saturated carbocycles. The number of benzene rings is 1. The molecule has 7 heteroatoms. The Morgan fingerprint density at radius 2 is 1.96 bits per heavy atom. The molecular weight excluding hydrogens is 322 g/mol. The molecular formula is C18H17N3O4. The Hall–Kier alpha value is -3.09. The van der Waals surface area contributed by atoms with Crippen molar-refractivity contribution in [1.29, 1.82) is 0 Å². The van der Waals surface area contributed by atoms with Crippen LogP contribution in [0.5, 0.6) is 11.5 Å². The molecule has 3 heterocycles. The van der Waals surface area contributed by atoms with Gasteiger partial charge < -0.3 is 19.7 Å². The monoisotopic (exact) mass is 339 g/mol. The average molecular weight is 339 g/mol. The van der Waals surface area contributed by atoms with Gasteiger partial charge in [-0.1, -0.05) is 6.07 Å². The summed E-state index contributed by atoms with van der Waals surface area (Å²) >= 11 is 0. The fraction of sp³-hybridized carbons (Fsp3) is 0.278. The van der Waals surface area contributed by atoms with Crippen LogP contribution in [0.15, 0.2) is 36.4 Å². The van der Waals surface area contributed by atoms with E-state index in [0.29, 0.717) is 36.0 Å². The summed E-state index contributed by atoms with van der Waals surface area (Å²) in [7, 11) is 0. The minimum absolute atomic E-state index is 0.115. The van der Waals surface area contributed by atoms with Crippen LogP contribution in [0.3, 0.4) is 0 Å². The van der Waals surface area contributed by atoms with Crippen LogP contribution in [-0.2, 0) is 4.79 Å². The second kappa shape index (κ2) is 6.08. The molecule has 2 aliphatic rings. The van der Waals surface area contributed by atoms with Crippen LogP contribution < -0.4 is 14.8 Å². The summed E-state index contributed by atoms with van der Waals surface area (Å²) in [5.74, 6) is 1.30. The molecule has 0 atom stereocenters. The Bertz CT molecular complexity index is 846. The van der Waals surface area contributed by atoms with Crippen LogP contribution in [0.2, 0.25) is 0 Å². The van der Waals surface area contributed by atoms with Crippen LogP contribution in [0.1, 0.15) is 16.1 Å². The Morgan fingerprint density at radius 3 is 2.76 bits per heavy atom. The highest BCUT2D eigenvalue weighted by Gasteiger charge is 2.36. The number of carbonyl (C=O) groups is 2. The highest BCUT2D eigenvalue weighted by Crippen LogP contribution is 2.33. The van der Waals surface area contributed by atoms with Gasteiger partial charge in [0.05, 0.1) is 5.92 Å². The number of rotatable bonds is 3. The maximum absolute atomic E-state index is 12.5. The molecule has 2 aromatic rings. The second-order valence-electron chi connectivity index (χ2n) is 6.13. The van der Waals surface area contributed by atoms with E-state index in [1.807, 2.05) is 19.1 Å². The van der Waals surface area contributed by atoms with Gasteiger partial charge in [-0.15, -0.1) is 0 Å². The van der Waals surface area contributed by atoms with Gasteiger partial charge in [0, 0.05) is 24.3 Å². The van der Waals surface area contributed by atoms with E-state index in [4.69, 9.17) is 9.47 Å². The first-order valence-electron chi connectivity index (χ1n) is 8.03. The van der Waals surface area contributed by atoms with Crippen molar-refractivity contribution < 1.29 is 19.1 Å². The number of anilines is 1. The SMILES string of the molecule is Cc1cccc(NC(=O)C2CN(C(=O)c3ccc4c(c3)OCO4)C2)n1. The summed E-state index contributed by atoms with van der Waals surface area (Å²) in [6.07, 6.45) is 0. The van der Waals surface area contributed by atoms with Crippen LogP contribution in [-0.4, -0.2) is 41.6 Å². The Labute approximate surface area is 144 Å². The van der Waals surface area contributed by atoms with E-state index < -0.39 is 0 Å². The van der Waals surface area contributed by atoms with Gasteiger partial charge in [0.15, 0.2) is 11.5 Å². The van der Waals surface area contributed by atoms with E-state index in [-0.39, 0.29) is 24.5 Å². The number of fused-ring (bicyclic) bond motifs is 1. The van der Waals surface area contributed by atoms with Crippen LogP contribution >= 0.6 is 0 Å². The van der Waals surface area contributed by atoms with E-state index in [0.717, 1.165) is 5.69 Å². The number of aromatic nitrogens is 1. The fourth-order valence-electron chi connectivity index (χ4n) is 2.86. The van der Waals surface area contributed by atoms with Crippen molar-refractivity contribution in [3.63, 3.8) is 0 Å². The first-order valence-corrected chi connectivity index (χ1v) is 8.03. The molecule has 0 unspecified atom stereocenters. The lowest BCUT2D eigenvalue weighted by atomic mass is 9.97. The molecule has 25 heavy (non-hydrogen) atoms. The standard InChI is InChI=1S/C18H17N3O4/c1-11-3-2-4-16(19-11)20-17(22)13-8-21(9-13)18(23)12-5-6-14-15(7-12)25-10-24-14/h2-7,13H,8-10H2,1H3,(H,19,20,22). The quantitative estimate of drug-likeness (QED) is 0.923. The number of amides is 2. The maximum atomic E-state index is 12.5. The van der Waals surface area contributed by atoms with Crippen molar-refractivity contribution >= 4 is 17.6 Å². The molecule has 2 amide bonds. The van der Waals surface area contributed by atoms with Crippen LogP contribution in [0, 0.1) is 12.8 Å². The molecule has 7 nitrogen and oxygen atoms in total. The normalized spacial score (nSPS) is 15.6. The molecule has 0 bridgehead atoms. The summed E-state index contributed by atoms with van der Waals surface area (Å²) in [6, 6.07) is 10.6. The van der Waals surface area contributed by atoms with Gasteiger partial charge in [0.1, 0.15) is 5.82 Å². The molecule has 2 aliphatic heterocycles. The number of nitrogens with one attached hydrogen (secondary N) is 1. The van der Waals surface area contributed by atoms with Crippen molar-refractivity contribution in [1.82, 2.24) is 9.88 Å². The molecule has 1 aromatic heterocycles. The first kappa shape index (κ1) is 15.4. The summed E-state index contributed by atoms with van der Waals surface area (Å²) in [6.45, 7) is 2.83. The molecule has 1 fully saturated rings. The van der Waals surface area contributed by atoms with E-state index in [2.05, 4.69) is 10.3 Å². The van der Waals surface area contributed by atoms with E-state index in [9.17, 15) is 9.59 Å². The third kappa shape index (κ3) is 3.00. The summed E-state index contributed by atoms with van der Waals surface area (Å²) in [5.41, 5.74) is 1.37. The number of aryl methyl sites for hydroxylation is 1. The molecule has 1 aromatic carbocycles. The summed E-state index contributed by atoms with van der Waals surface area (Å²) in [4.78, 5) is 30.6. The smallest absolute Gasteiger partial charge is 0.254 e. The van der Waals surface area contributed by atoms with Crippen molar-refractivity contribution in [2.45, 2.75) is 6.92 Å². The third-order valence-corrected chi connectivity index (χ3v) is 4.30. The molecule has 0 spiro atoms. The van der Waals surface area contributed by atoms with Gasteiger partial charge in [-0.3, -0.25) is 9.59 Å². The van der Waals surface area contributed by atoms with Crippen molar-refractivity contribution in [3.05, 3.63) is 47.7 Å². The van der Waals surface area contributed by atoms with Gasteiger partial charge in [-0.05, 0) is 37.3 Å². The average Bonchev–Trinajstić information content (AvgIpc) is 3.00. The molecule has 0 radical (unpaired) electrons. The zero-order chi connectivity index (χ0) is 17.4. The molecule has 0 aliphatic carbocycles. The molecule has 128 valence electrons. The van der Waals surface area contributed by atoms with Crippen LogP contribution in [0.25, 0.3) is 0 Å². The van der Waals surface area contributed by atoms with E-state index in [1.165, 1.54) is 0 Å². The zero-order valence-corrected chi connectivity index (χ0v) is 13.7. The number of ether oxygens (including phenoxy) is 2. The van der Waals surface area contributed by atoms with Crippen LogP contribution in [0.4, 0.5) is 5.82 Å². The minimum atomic E-state index is -0.222. The number of pyridine rings is 1. The van der Waals surface area contributed by atoms with Crippen molar-refractivity contribution in [2.75, 3.05) is 25.2 Å². The topological polar surface area (TPSA) is 80.8 Å². The van der Waals surface area contributed by atoms with Gasteiger partial charge in [-0.2, -0.15) is 0 Å². The number of nitrogens with zero attached hydrogens (tertiary/aromatic N) is 2. The Morgan fingerprint density at radius 1 is 1.16 bits per heavy atom. The van der Waals surface area contributed by atoms with Crippen molar-refractivity contribution in [3.8, 4) is 11.5 Å². The molecule has 1 saturated heterocycles. The second-order valence-corrected chi connectivity index (χ2v) is 6.13. The first-order chi connectivity index (χ1) is 12.1. The molecule has 4 rings (SSSR count). The lowest BCUT2D eigenvalue weighted by Gasteiger charge is -2.38. The summed E-state index contributed by atoms with van der Waals surface area (Å²) in [5, 5.41) is 2.79. The van der Waals surface area contributed by atoms with E-state index >= 15 is 0 Å². The maximum Gasteiger partial charge on any atom is 0.254 e. The predicted octanol–water partition coefficient (Wildman–Crippen LogP) is 1.83. The highest BCUT2D eigenvalue weighted by molar-refractivity contribution is 5.98. The Kier molecular flexibility index (Phi) is 3.76. The molecule has 1 N–H and O–H groups in total. The van der Waals surface area contributed by atoms with Gasteiger partial charge in [0.25, 0.3) is 5.91 Å². The lowest BCUT2D eigenvalue weighted by Crippen LogP contribution is -2.54. The number of likely N-dealkylation sites (tertiary alicyclic amines) is 1. The minimum Gasteiger partial charge on any atom is -0.454 e.